The van der Waals surface area contributed by atoms with Gasteiger partial charge in [0, 0.05) is 46.8 Å². The topological polar surface area (TPSA) is 75.7 Å². The van der Waals surface area contributed by atoms with Gasteiger partial charge in [-0.05, 0) is 92.4 Å². The molecule has 0 radical (unpaired) electrons. The van der Waals surface area contributed by atoms with Crippen molar-refractivity contribution in [2.45, 2.75) is 43.7 Å². The number of carbonyl (C=O) groups is 1. The molecule has 2 aromatic carbocycles. The summed E-state index contributed by atoms with van der Waals surface area (Å²) in [6.07, 6.45) is 4.00. The van der Waals surface area contributed by atoms with Crippen LogP contribution in [-0.2, 0) is 25.9 Å². The lowest BCUT2D eigenvalue weighted by Crippen LogP contribution is -2.36. The van der Waals surface area contributed by atoms with Crippen LogP contribution in [0.1, 0.15) is 35.3 Å². The number of amides is 1. The predicted octanol–water partition coefficient (Wildman–Crippen LogP) is 5.53. The molecule has 2 aliphatic rings. The Morgan fingerprint density at radius 2 is 1.84 bits per heavy atom. The number of ether oxygens (including phenoxy) is 1. The first-order valence-corrected chi connectivity index (χ1v) is 15.1. The molecule has 1 N–H and O–H groups in total. The highest BCUT2D eigenvalue weighted by molar-refractivity contribution is 7.91. The van der Waals surface area contributed by atoms with Gasteiger partial charge in [-0.25, -0.2) is 8.42 Å². The Morgan fingerprint density at radius 3 is 2.54 bits per heavy atom. The summed E-state index contributed by atoms with van der Waals surface area (Å²) in [5.41, 5.74) is 3.85. The second-order valence-electron chi connectivity index (χ2n) is 9.81. The standard InChI is InChI=1S/C29H32N2O4S2/c1-20-3-9-27(36-20)22-6-10-28-24(17-22)18-23(13-16-37(28,33)34)29(32)30-25-7-4-21(5-8-25)19-31(2)26-11-14-35-15-12-26/h3-10,17-18,26H,11-16,19H2,1-2H3,(H,30,32). The molecule has 3 aromatic rings. The average Bonchev–Trinajstić information content (AvgIpc) is 3.28. The van der Waals surface area contributed by atoms with E-state index >= 15 is 0 Å². The van der Waals surface area contributed by atoms with Gasteiger partial charge in [0.25, 0.3) is 5.91 Å². The van der Waals surface area contributed by atoms with Gasteiger partial charge in [-0.15, -0.1) is 11.3 Å². The molecule has 0 bridgehead atoms. The second kappa shape index (κ2) is 10.9. The lowest BCUT2D eigenvalue weighted by atomic mass is 10.0. The van der Waals surface area contributed by atoms with Gasteiger partial charge in [-0.2, -0.15) is 0 Å². The first kappa shape index (κ1) is 25.9. The van der Waals surface area contributed by atoms with Crippen LogP contribution in [0, 0.1) is 6.92 Å². The van der Waals surface area contributed by atoms with Crippen molar-refractivity contribution in [3.05, 3.63) is 76.2 Å². The number of hydrogen-bond donors (Lipinski definition) is 1. The number of carbonyl (C=O) groups excluding carboxylic acids is 1. The summed E-state index contributed by atoms with van der Waals surface area (Å²) in [6.45, 7) is 4.51. The van der Waals surface area contributed by atoms with Crippen LogP contribution in [0.4, 0.5) is 5.69 Å². The molecule has 194 valence electrons. The Hall–Kier alpha value is -2.78. The maximum absolute atomic E-state index is 13.2. The first-order valence-electron chi connectivity index (χ1n) is 12.6. The second-order valence-corrected chi connectivity index (χ2v) is 13.2. The van der Waals surface area contributed by atoms with Crippen LogP contribution in [0.5, 0.6) is 0 Å². The Labute approximate surface area is 222 Å². The first-order chi connectivity index (χ1) is 17.8. The van der Waals surface area contributed by atoms with E-state index in [0.717, 1.165) is 43.0 Å². The third-order valence-corrected chi connectivity index (χ3v) is 9.92. The van der Waals surface area contributed by atoms with Crippen molar-refractivity contribution >= 4 is 38.8 Å². The van der Waals surface area contributed by atoms with E-state index in [9.17, 15) is 13.2 Å². The summed E-state index contributed by atoms with van der Waals surface area (Å²) in [7, 11) is -1.34. The normalized spacial score (nSPS) is 17.6. The van der Waals surface area contributed by atoms with E-state index < -0.39 is 9.84 Å². The molecule has 37 heavy (non-hydrogen) atoms. The predicted molar refractivity (Wildman–Crippen MR) is 150 cm³/mol. The molecule has 6 nitrogen and oxygen atoms in total. The van der Waals surface area contributed by atoms with Gasteiger partial charge in [-0.1, -0.05) is 18.2 Å². The van der Waals surface area contributed by atoms with Crippen LogP contribution in [0.15, 0.2) is 65.1 Å². The van der Waals surface area contributed by atoms with E-state index in [4.69, 9.17) is 4.74 Å². The highest BCUT2D eigenvalue weighted by Gasteiger charge is 2.25. The molecular weight excluding hydrogens is 504 g/mol. The van der Waals surface area contributed by atoms with E-state index in [0.29, 0.717) is 22.9 Å². The maximum atomic E-state index is 13.2. The molecule has 1 aromatic heterocycles. The number of sulfone groups is 1. The fourth-order valence-electron chi connectivity index (χ4n) is 4.93. The van der Waals surface area contributed by atoms with Gasteiger partial charge in [0.2, 0.25) is 0 Å². The third-order valence-electron chi connectivity index (χ3n) is 7.09. The Morgan fingerprint density at radius 1 is 1.08 bits per heavy atom. The van der Waals surface area contributed by atoms with Crippen LogP contribution in [-0.4, -0.2) is 51.3 Å². The number of rotatable bonds is 6. The monoisotopic (exact) mass is 536 g/mol. The maximum Gasteiger partial charge on any atom is 0.251 e. The van der Waals surface area contributed by atoms with Crippen molar-refractivity contribution in [3.63, 3.8) is 0 Å². The summed E-state index contributed by atoms with van der Waals surface area (Å²) >= 11 is 1.66. The molecule has 0 aliphatic carbocycles. The van der Waals surface area contributed by atoms with Gasteiger partial charge in [-0.3, -0.25) is 9.69 Å². The van der Waals surface area contributed by atoms with Gasteiger partial charge >= 0.3 is 0 Å². The minimum atomic E-state index is -3.48. The zero-order valence-corrected chi connectivity index (χ0v) is 22.8. The Balaban J connectivity index is 1.31. The van der Waals surface area contributed by atoms with Crippen molar-refractivity contribution < 1.29 is 17.9 Å². The van der Waals surface area contributed by atoms with E-state index in [1.165, 1.54) is 10.4 Å². The van der Waals surface area contributed by atoms with Gasteiger partial charge < -0.3 is 10.1 Å². The van der Waals surface area contributed by atoms with E-state index in [-0.39, 0.29) is 23.0 Å². The lowest BCUT2D eigenvalue weighted by Gasteiger charge is -2.31. The quantitative estimate of drug-likeness (QED) is 0.448. The average molecular weight is 537 g/mol. The number of thiophene rings is 1. The fourth-order valence-corrected chi connectivity index (χ4v) is 7.25. The molecule has 1 fully saturated rings. The minimum absolute atomic E-state index is 0.0891. The van der Waals surface area contributed by atoms with Crippen LogP contribution >= 0.6 is 11.3 Å². The summed E-state index contributed by atoms with van der Waals surface area (Å²) < 4.78 is 31.3. The van der Waals surface area contributed by atoms with Crippen molar-refractivity contribution in [2.24, 2.45) is 0 Å². The highest BCUT2D eigenvalue weighted by Crippen LogP contribution is 2.33. The van der Waals surface area contributed by atoms with Crippen LogP contribution in [0.25, 0.3) is 16.5 Å². The van der Waals surface area contributed by atoms with Crippen LogP contribution < -0.4 is 5.32 Å². The third kappa shape index (κ3) is 6.04. The molecule has 1 saturated heterocycles. The summed E-state index contributed by atoms with van der Waals surface area (Å²) in [4.78, 5) is 18.1. The largest absolute Gasteiger partial charge is 0.381 e. The molecule has 0 atom stereocenters. The lowest BCUT2D eigenvalue weighted by molar-refractivity contribution is -0.112. The molecule has 0 unspecified atom stereocenters. The van der Waals surface area contributed by atoms with Crippen molar-refractivity contribution in [2.75, 3.05) is 31.3 Å². The van der Waals surface area contributed by atoms with Gasteiger partial charge in [0.1, 0.15) is 0 Å². The van der Waals surface area contributed by atoms with E-state index in [2.05, 4.69) is 17.3 Å². The Bertz CT molecular complexity index is 1420. The molecule has 2 aliphatic heterocycles. The minimum Gasteiger partial charge on any atom is -0.381 e. The molecule has 8 heteroatoms. The number of fused-ring (bicyclic) bond motifs is 1. The Kier molecular flexibility index (Phi) is 7.62. The van der Waals surface area contributed by atoms with Crippen LogP contribution in [0.3, 0.4) is 0 Å². The number of aryl methyl sites for hydroxylation is 1. The summed E-state index contributed by atoms with van der Waals surface area (Å²) in [5.74, 6) is -0.360. The van der Waals surface area contributed by atoms with E-state index in [1.807, 2.05) is 55.5 Å². The summed E-state index contributed by atoms with van der Waals surface area (Å²) in [6, 6.07) is 17.9. The number of benzene rings is 2. The van der Waals surface area contributed by atoms with Crippen molar-refractivity contribution in [1.29, 1.82) is 0 Å². The van der Waals surface area contributed by atoms with E-state index in [1.54, 1.807) is 23.5 Å². The summed E-state index contributed by atoms with van der Waals surface area (Å²) in [5, 5.41) is 2.96. The highest BCUT2D eigenvalue weighted by atomic mass is 32.2. The van der Waals surface area contributed by atoms with Crippen molar-refractivity contribution in [3.8, 4) is 10.4 Å². The molecule has 5 rings (SSSR count). The number of hydrogen-bond acceptors (Lipinski definition) is 6. The zero-order valence-electron chi connectivity index (χ0n) is 21.2. The zero-order chi connectivity index (χ0) is 26.0. The van der Waals surface area contributed by atoms with Gasteiger partial charge in [0.15, 0.2) is 9.84 Å². The van der Waals surface area contributed by atoms with Gasteiger partial charge in [0.05, 0.1) is 10.6 Å². The van der Waals surface area contributed by atoms with Crippen LogP contribution in [0.2, 0.25) is 0 Å². The molecular formula is C29H32N2O4S2. The fraction of sp³-hybridized carbons (Fsp3) is 0.345. The number of nitrogens with zero attached hydrogens (tertiary/aromatic N) is 1. The number of nitrogens with one attached hydrogen (secondary N) is 1. The SMILES string of the molecule is Cc1ccc(-c2ccc3c(c2)C=C(C(=O)Nc2ccc(CN(C)C4CCOCC4)cc2)CCS3(=O)=O)s1. The number of anilines is 1. The molecule has 0 spiro atoms. The molecule has 3 heterocycles. The molecule has 0 saturated carbocycles. The van der Waals surface area contributed by atoms with Crippen molar-refractivity contribution in [1.82, 2.24) is 4.90 Å². The molecule has 1 amide bonds. The smallest absolute Gasteiger partial charge is 0.251 e.